The fourth-order valence-electron chi connectivity index (χ4n) is 1.87. The van der Waals surface area contributed by atoms with Gasteiger partial charge in [0.15, 0.2) is 9.84 Å². The Morgan fingerprint density at radius 2 is 1.75 bits per heavy atom. The first kappa shape index (κ1) is 14.5. The lowest BCUT2D eigenvalue weighted by atomic mass is 10.1. The summed E-state index contributed by atoms with van der Waals surface area (Å²) in [5.41, 5.74) is 2.70. The summed E-state index contributed by atoms with van der Waals surface area (Å²) in [6.07, 6.45) is 1.18. The molecule has 0 aliphatic rings. The Balaban J connectivity index is 2.08. The molecule has 0 aliphatic carbocycles. The molecule has 0 aromatic heterocycles. The fraction of sp³-hybridized carbons (Fsp3) is 0.200. The highest BCUT2D eigenvalue weighted by atomic mass is 32.2. The van der Waals surface area contributed by atoms with Crippen molar-refractivity contribution in [1.29, 1.82) is 0 Å². The van der Waals surface area contributed by atoms with E-state index in [0.717, 1.165) is 16.8 Å². The quantitative estimate of drug-likeness (QED) is 0.942. The van der Waals surface area contributed by atoms with Crippen LogP contribution in [-0.4, -0.2) is 14.7 Å². The summed E-state index contributed by atoms with van der Waals surface area (Å²) < 4.78 is 35.7. The van der Waals surface area contributed by atoms with Gasteiger partial charge >= 0.3 is 0 Å². The number of nitrogens with one attached hydrogen (secondary N) is 1. The molecule has 0 aliphatic heterocycles. The van der Waals surface area contributed by atoms with Crippen molar-refractivity contribution >= 4 is 15.5 Å². The Kier molecular flexibility index (Phi) is 4.09. The van der Waals surface area contributed by atoms with Crippen molar-refractivity contribution in [2.75, 3.05) is 11.6 Å². The molecule has 0 bridgehead atoms. The third kappa shape index (κ3) is 3.57. The molecule has 2 rings (SSSR count). The smallest absolute Gasteiger partial charge is 0.175 e. The standard InChI is InChI=1S/C15H16FNO2S/c1-11-9-13(16)4-3-12(11)10-17-14-5-7-15(8-6-14)20(2,18)19/h3-9,17H,10H2,1-2H3. The van der Waals surface area contributed by atoms with Crippen LogP contribution >= 0.6 is 0 Å². The highest BCUT2D eigenvalue weighted by Crippen LogP contribution is 2.16. The maximum Gasteiger partial charge on any atom is 0.175 e. The molecule has 0 unspecified atom stereocenters. The number of sulfone groups is 1. The van der Waals surface area contributed by atoms with Gasteiger partial charge in [-0.15, -0.1) is 0 Å². The average Bonchev–Trinajstić information content (AvgIpc) is 2.37. The molecule has 0 spiro atoms. The lowest BCUT2D eigenvalue weighted by Gasteiger charge is -2.09. The summed E-state index contributed by atoms with van der Waals surface area (Å²) in [6.45, 7) is 2.41. The third-order valence-corrected chi connectivity index (χ3v) is 4.20. The van der Waals surface area contributed by atoms with Gasteiger partial charge in [-0.1, -0.05) is 6.07 Å². The summed E-state index contributed by atoms with van der Waals surface area (Å²) in [5.74, 6) is -0.247. The zero-order valence-corrected chi connectivity index (χ0v) is 12.2. The van der Waals surface area contributed by atoms with Crippen LogP contribution in [0, 0.1) is 12.7 Å². The number of benzene rings is 2. The minimum atomic E-state index is -3.17. The molecule has 1 N–H and O–H groups in total. The third-order valence-electron chi connectivity index (χ3n) is 3.07. The van der Waals surface area contributed by atoms with Crippen LogP contribution in [-0.2, 0) is 16.4 Å². The highest BCUT2D eigenvalue weighted by molar-refractivity contribution is 7.90. The van der Waals surface area contributed by atoms with Crippen molar-refractivity contribution in [2.45, 2.75) is 18.4 Å². The van der Waals surface area contributed by atoms with Crippen LogP contribution in [0.4, 0.5) is 10.1 Å². The summed E-state index contributed by atoms with van der Waals surface area (Å²) in [5, 5.41) is 3.18. The Morgan fingerprint density at radius 1 is 1.10 bits per heavy atom. The van der Waals surface area contributed by atoms with Gasteiger partial charge in [0.1, 0.15) is 5.82 Å². The molecular weight excluding hydrogens is 277 g/mol. The van der Waals surface area contributed by atoms with E-state index >= 15 is 0 Å². The molecule has 0 radical (unpaired) electrons. The maximum absolute atomic E-state index is 13.0. The van der Waals surface area contributed by atoms with Gasteiger partial charge in [-0.3, -0.25) is 0 Å². The van der Waals surface area contributed by atoms with E-state index in [1.165, 1.54) is 18.4 Å². The molecule has 106 valence electrons. The van der Waals surface area contributed by atoms with E-state index in [0.29, 0.717) is 11.4 Å². The van der Waals surface area contributed by atoms with Crippen LogP contribution < -0.4 is 5.32 Å². The van der Waals surface area contributed by atoms with Crippen LogP contribution in [0.3, 0.4) is 0 Å². The number of halogens is 1. The van der Waals surface area contributed by atoms with Gasteiger partial charge in [-0.05, 0) is 54.4 Å². The second-order valence-corrected chi connectivity index (χ2v) is 6.74. The zero-order valence-electron chi connectivity index (χ0n) is 11.4. The van der Waals surface area contributed by atoms with E-state index in [4.69, 9.17) is 0 Å². The van der Waals surface area contributed by atoms with Crippen LogP contribution in [0.5, 0.6) is 0 Å². The van der Waals surface area contributed by atoms with Crippen LogP contribution in [0.2, 0.25) is 0 Å². The van der Waals surface area contributed by atoms with Gasteiger partial charge in [0.25, 0.3) is 0 Å². The van der Waals surface area contributed by atoms with E-state index in [-0.39, 0.29) is 5.82 Å². The second-order valence-electron chi connectivity index (χ2n) is 4.72. The van der Waals surface area contributed by atoms with Crippen molar-refractivity contribution in [2.24, 2.45) is 0 Å². The van der Waals surface area contributed by atoms with Crippen molar-refractivity contribution < 1.29 is 12.8 Å². The highest BCUT2D eigenvalue weighted by Gasteiger charge is 2.06. The van der Waals surface area contributed by atoms with Gasteiger partial charge in [0, 0.05) is 18.5 Å². The SMILES string of the molecule is Cc1cc(F)ccc1CNc1ccc(S(C)(=O)=O)cc1. The molecule has 2 aromatic rings. The van der Waals surface area contributed by atoms with Gasteiger partial charge in [0.05, 0.1) is 4.90 Å². The average molecular weight is 293 g/mol. The number of anilines is 1. The first-order chi connectivity index (χ1) is 9.36. The number of rotatable bonds is 4. The Bertz CT molecular complexity index is 709. The van der Waals surface area contributed by atoms with E-state index in [1.54, 1.807) is 30.3 Å². The Morgan fingerprint density at radius 3 is 2.30 bits per heavy atom. The molecule has 0 saturated heterocycles. The van der Waals surface area contributed by atoms with Crippen LogP contribution in [0.15, 0.2) is 47.4 Å². The first-order valence-electron chi connectivity index (χ1n) is 6.15. The number of hydrogen-bond acceptors (Lipinski definition) is 3. The lowest BCUT2D eigenvalue weighted by Crippen LogP contribution is -2.02. The van der Waals surface area contributed by atoms with Gasteiger partial charge in [0.2, 0.25) is 0 Å². The second kappa shape index (κ2) is 5.63. The van der Waals surface area contributed by atoms with Crippen LogP contribution in [0.25, 0.3) is 0 Å². The van der Waals surface area contributed by atoms with E-state index in [1.807, 2.05) is 6.92 Å². The lowest BCUT2D eigenvalue weighted by molar-refractivity contribution is 0.602. The fourth-order valence-corrected chi connectivity index (χ4v) is 2.51. The molecule has 5 heteroatoms. The molecule has 0 atom stereocenters. The van der Waals surface area contributed by atoms with Gasteiger partial charge < -0.3 is 5.32 Å². The zero-order chi connectivity index (χ0) is 14.8. The Labute approximate surface area is 118 Å². The monoisotopic (exact) mass is 293 g/mol. The van der Waals surface area contributed by atoms with Crippen molar-refractivity contribution in [1.82, 2.24) is 0 Å². The predicted octanol–water partition coefficient (Wildman–Crippen LogP) is 3.15. The molecule has 2 aromatic carbocycles. The summed E-state index contributed by atoms with van der Waals surface area (Å²) in [4.78, 5) is 0.293. The summed E-state index contributed by atoms with van der Waals surface area (Å²) in [6, 6.07) is 11.2. The van der Waals surface area contributed by atoms with Crippen molar-refractivity contribution in [3.05, 3.63) is 59.4 Å². The molecule has 20 heavy (non-hydrogen) atoms. The van der Waals surface area contributed by atoms with Gasteiger partial charge in [-0.25, -0.2) is 12.8 Å². The largest absolute Gasteiger partial charge is 0.381 e. The van der Waals surface area contributed by atoms with Gasteiger partial charge in [-0.2, -0.15) is 0 Å². The number of aryl methyl sites for hydroxylation is 1. The molecule has 3 nitrogen and oxygen atoms in total. The number of hydrogen-bond donors (Lipinski definition) is 1. The van der Waals surface area contributed by atoms with Crippen LogP contribution in [0.1, 0.15) is 11.1 Å². The predicted molar refractivity (Wildman–Crippen MR) is 78.0 cm³/mol. The molecule has 0 saturated carbocycles. The van der Waals surface area contributed by atoms with E-state index < -0.39 is 9.84 Å². The normalized spacial score (nSPS) is 11.3. The minimum Gasteiger partial charge on any atom is -0.381 e. The minimum absolute atomic E-state index is 0.247. The summed E-state index contributed by atoms with van der Waals surface area (Å²) >= 11 is 0. The Hall–Kier alpha value is -1.88. The molecule has 0 heterocycles. The molecular formula is C15H16FNO2S. The van der Waals surface area contributed by atoms with Crippen molar-refractivity contribution in [3.8, 4) is 0 Å². The summed E-state index contributed by atoms with van der Waals surface area (Å²) in [7, 11) is -3.17. The topological polar surface area (TPSA) is 46.2 Å². The van der Waals surface area contributed by atoms with Crippen molar-refractivity contribution in [3.63, 3.8) is 0 Å². The van der Waals surface area contributed by atoms with E-state index in [9.17, 15) is 12.8 Å². The molecule has 0 amide bonds. The van der Waals surface area contributed by atoms with E-state index in [2.05, 4.69) is 5.32 Å². The first-order valence-corrected chi connectivity index (χ1v) is 8.04. The molecule has 0 fully saturated rings. The maximum atomic E-state index is 13.0.